The Labute approximate surface area is 62.0 Å². The molecule has 0 aromatic heterocycles. The normalized spacial score (nSPS) is 74.4. The van der Waals surface area contributed by atoms with Gasteiger partial charge in [0, 0.05) is 0 Å². The SMILES string of the molecule is C1CC2[C@H]3C[C@H]3C1[C@H]1C[C@@H]21. The summed E-state index contributed by atoms with van der Waals surface area (Å²) in [5, 5.41) is 0. The standard InChI is InChI=1S/C10H14/c1-2-6-9-3-7(9)5(1)8-4-10(6)8/h5-10H,1-4H2/t5?,6?,7-,8+,9+,10-. The van der Waals surface area contributed by atoms with Crippen LogP contribution in [0.2, 0.25) is 0 Å². The molecule has 0 aromatic carbocycles. The smallest absolute Gasteiger partial charge is 0.0349 e. The molecule has 0 aliphatic heterocycles. The van der Waals surface area contributed by atoms with Gasteiger partial charge in [0.15, 0.2) is 0 Å². The third kappa shape index (κ3) is 0.360. The summed E-state index contributed by atoms with van der Waals surface area (Å²) in [5.74, 6) is 7.48. The largest absolute Gasteiger partial charge is 0.0496 e. The van der Waals surface area contributed by atoms with E-state index in [4.69, 9.17) is 0 Å². The Kier molecular flexibility index (Phi) is 0.570. The maximum atomic E-state index is 1.64. The van der Waals surface area contributed by atoms with E-state index in [2.05, 4.69) is 0 Å². The molecule has 0 nitrogen and oxygen atoms in total. The summed E-state index contributed by atoms with van der Waals surface area (Å²) < 4.78 is 0. The summed E-state index contributed by atoms with van der Waals surface area (Å²) in [7, 11) is 0. The molecule has 2 bridgehead atoms. The van der Waals surface area contributed by atoms with Gasteiger partial charge in [-0.1, -0.05) is 0 Å². The van der Waals surface area contributed by atoms with Gasteiger partial charge in [0.2, 0.25) is 0 Å². The highest BCUT2D eigenvalue weighted by atomic mass is 14.7. The fourth-order valence-electron chi connectivity index (χ4n) is 4.32. The van der Waals surface area contributed by atoms with Crippen LogP contribution in [0.1, 0.15) is 25.7 Å². The molecule has 10 heavy (non-hydrogen) atoms. The molecule has 5 rings (SSSR count). The second kappa shape index (κ2) is 1.19. The molecule has 2 unspecified atom stereocenters. The summed E-state index contributed by atoms with van der Waals surface area (Å²) in [5.41, 5.74) is 0. The molecule has 5 saturated carbocycles. The van der Waals surface area contributed by atoms with E-state index < -0.39 is 0 Å². The molecule has 0 aromatic rings. The summed E-state index contributed by atoms with van der Waals surface area (Å²) in [6, 6.07) is 0. The van der Waals surface area contributed by atoms with Crippen molar-refractivity contribution in [3.8, 4) is 0 Å². The predicted octanol–water partition coefficient (Wildman–Crippen LogP) is 2.30. The highest BCUT2D eigenvalue weighted by Crippen LogP contribution is 2.73. The van der Waals surface area contributed by atoms with Crippen molar-refractivity contribution in [3.05, 3.63) is 0 Å². The monoisotopic (exact) mass is 134 g/mol. The van der Waals surface area contributed by atoms with E-state index >= 15 is 0 Å². The Balaban J connectivity index is 1.85. The van der Waals surface area contributed by atoms with Crippen LogP contribution in [-0.2, 0) is 0 Å². The van der Waals surface area contributed by atoms with E-state index in [0.29, 0.717) is 0 Å². The minimum absolute atomic E-state index is 1.24. The van der Waals surface area contributed by atoms with Gasteiger partial charge in [-0.05, 0) is 61.2 Å². The van der Waals surface area contributed by atoms with Crippen LogP contribution in [-0.4, -0.2) is 0 Å². The molecule has 0 N–H and O–H groups in total. The molecule has 54 valence electrons. The molecule has 0 radical (unpaired) electrons. The lowest BCUT2D eigenvalue weighted by Crippen LogP contribution is -2.27. The van der Waals surface area contributed by atoms with Crippen LogP contribution >= 0.6 is 0 Å². The maximum Gasteiger partial charge on any atom is -0.0349 e. The lowest BCUT2D eigenvalue weighted by Gasteiger charge is -2.34. The summed E-state index contributed by atoms with van der Waals surface area (Å²) in [6.45, 7) is 0. The van der Waals surface area contributed by atoms with Crippen LogP contribution in [0, 0.1) is 35.5 Å². The van der Waals surface area contributed by atoms with Crippen LogP contribution in [0.25, 0.3) is 0 Å². The van der Waals surface area contributed by atoms with Gasteiger partial charge in [0.25, 0.3) is 0 Å². The van der Waals surface area contributed by atoms with Crippen molar-refractivity contribution in [2.75, 3.05) is 0 Å². The van der Waals surface area contributed by atoms with E-state index in [9.17, 15) is 0 Å². The number of hydrogen-bond donors (Lipinski definition) is 0. The third-order valence-corrected chi connectivity index (χ3v) is 4.82. The lowest BCUT2D eigenvalue weighted by molar-refractivity contribution is 0.146. The average Bonchev–Trinajstić information content (AvgIpc) is 2.83. The molecule has 0 heteroatoms. The van der Waals surface area contributed by atoms with Crippen molar-refractivity contribution in [2.24, 2.45) is 35.5 Å². The Morgan fingerprint density at radius 2 is 0.900 bits per heavy atom. The number of fused-ring (bicyclic) bond motifs is 1. The van der Waals surface area contributed by atoms with Crippen molar-refractivity contribution in [3.63, 3.8) is 0 Å². The van der Waals surface area contributed by atoms with Crippen molar-refractivity contribution < 1.29 is 0 Å². The molecular weight excluding hydrogens is 120 g/mol. The lowest BCUT2D eigenvalue weighted by atomic mass is 9.71. The quantitative estimate of drug-likeness (QED) is 0.477. The fraction of sp³-hybridized carbons (Fsp3) is 1.00. The predicted molar refractivity (Wildman–Crippen MR) is 39.4 cm³/mol. The zero-order valence-corrected chi connectivity index (χ0v) is 6.29. The molecule has 0 saturated heterocycles. The molecule has 0 amide bonds. The van der Waals surface area contributed by atoms with E-state index in [1.807, 2.05) is 0 Å². The Morgan fingerprint density at radius 1 is 0.500 bits per heavy atom. The van der Waals surface area contributed by atoms with Gasteiger partial charge in [0.05, 0.1) is 0 Å². The van der Waals surface area contributed by atoms with Gasteiger partial charge in [-0.15, -0.1) is 0 Å². The molecule has 5 aliphatic rings. The Bertz CT molecular complexity index is 158. The van der Waals surface area contributed by atoms with Gasteiger partial charge in [0.1, 0.15) is 0 Å². The summed E-state index contributed by atoms with van der Waals surface area (Å²) >= 11 is 0. The van der Waals surface area contributed by atoms with Gasteiger partial charge >= 0.3 is 0 Å². The van der Waals surface area contributed by atoms with Crippen LogP contribution in [0.4, 0.5) is 0 Å². The van der Waals surface area contributed by atoms with Gasteiger partial charge in [-0.2, -0.15) is 0 Å². The maximum absolute atomic E-state index is 1.64. The number of hydrogen-bond acceptors (Lipinski definition) is 0. The van der Waals surface area contributed by atoms with E-state index in [1.54, 1.807) is 25.7 Å². The van der Waals surface area contributed by atoms with Crippen LogP contribution < -0.4 is 0 Å². The second-order valence-corrected chi connectivity index (χ2v) is 5.03. The first-order chi connectivity index (χ1) is 4.95. The molecular formula is C10H14. The molecule has 5 aliphatic carbocycles. The Morgan fingerprint density at radius 3 is 1.30 bits per heavy atom. The summed E-state index contributed by atoms with van der Waals surface area (Å²) in [4.78, 5) is 0. The molecule has 5 fully saturated rings. The second-order valence-electron chi connectivity index (χ2n) is 5.03. The number of rotatable bonds is 0. The van der Waals surface area contributed by atoms with Crippen molar-refractivity contribution in [1.82, 2.24) is 0 Å². The van der Waals surface area contributed by atoms with Crippen molar-refractivity contribution >= 4 is 0 Å². The van der Waals surface area contributed by atoms with E-state index in [0.717, 1.165) is 0 Å². The van der Waals surface area contributed by atoms with Crippen LogP contribution in [0.15, 0.2) is 0 Å². The Hall–Kier alpha value is 0. The highest BCUT2D eigenvalue weighted by Gasteiger charge is 2.66. The van der Waals surface area contributed by atoms with Gasteiger partial charge < -0.3 is 0 Å². The first-order valence-corrected chi connectivity index (χ1v) is 4.95. The zero-order valence-electron chi connectivity index (χ0n) is 6.29. The van der Waals surface area contributed by atoms with E-state index in [-0.39, 0.29) is 0 Å². The van der Waals surface area contributed by atoms with Crippen LogP contribution in [0.3, 0.4) is 0 Å². The van der Waals surface area contributed by atoms with Gasteiger partial charge in [-0.25, -0.2) is 0 Å². The molecule has 0 heterocycles. The topological polar surface area (TPSA) is 0 Å². The summed E-state index contributed by atoms with van der Waals surface area (Å²) in [6.07, 6.45) is 6.52. The molecule has 0 spiro atoms. The first kappa shape index (κ1) is 4.79. The zero-order chi connectivity index (χ0) is 6.29. The van der Waals surface area contributed by atoms with Crippen molar-refractivity contribution in [2.45, 2.75) is 25.7 Å². The highest BCUT2D eigenvalue weighted by molar-refractivity contribution is 5.15. The first-order valence-electron chi connectivity index (χ1n) is 4.95. The molecule has 6 atom stereocenters. The van der Waals surface area contributed by atoms with Crippen LogP contribution in [0.5, 0.6) is 0 Å². The minimum Gasteiger partial charge on any atom is -0.0496 e. The fourth-order valence-corrected chi connectivity index (χ4v) is 4.32. The average molecular weight is 134 g/mol. The minimum atomic E-state index is 1.24. The van der Waals surface area contributed by atoms with Gasteiger partial charge in [-0.3, -0.25) is 0 Å². The third-order valence-electron chi connectivity index (χ3n) is 4.82. The van der Waals surface area contributed by atoms with E-state index in [1.165, 1.54) is 35.5 Å². The van der Waals surface area contributed by atoms with Crippen molar-refractivity contribution in [1.29, 1.82) is 0 Å².